The van der Waals surface area contributed by atoms with Crippen LogP contribution in [0.1, 0.15) is 37.0 Å². The highest BCUT2D eigenvalue weighted by Gasteiger charge is 2.18. The summed E-state index contributed by atoms with van der Waals surface area (Å²) in [6.07, 6.45) is 0.968. The second-order valence-electron chi connectivity index (χ2n) is 4.07. The molecular weight excluding hydrogens is 158 g/mol. The fourth-order valence-electron chi connectivity index (χ4n) is 1.30. The van der Waals surface area contributed by atoms with Gasteiger partial charge in [-0.2, -0.15) is 0 Å². The number of aryl methyl sites for hydroxylation is 2. The van der Waals surface area contributed by atoms with Gasteiger partial charge in [-0.05, 0) is 43.9 Å². The molecule has 13 heavy (non-hydrogen) atoms. The molecule has 0 aromatic heterocycles. The average Bonchev–Trinajstić information content (AvgIpc) is 2.09. The van der Waals surface area contributed by atoms with Crippen molar-refractivity contribution in [2.45, 2.75) is 39.7 Å². The molecule has 0 bridgehead atoms. The third kappa shape index (κ3) is 2.10. The number of rotatable bonds is 2. The number of nitrogens with two attached hydrogens (primary N) is 1. The van der Waals surface area contributed by atoms with Crippen molar-refractivity contribution in [2.24, 2.45) is 5.73 Å². The smallest absolute Gasteiger partial charge is 0.0378 e. The molecule has 0 saturated carbocycles. The van der Waals surface area contributed by atoms with Crippen LogP contribution in [0.4, 0.5) is 0 Å². The Balaban J connectivity index is 3.10. The SMILES string of the molecule is CC[C@](C)(N)c1ccc(C)c(C)c1. The van der Waals surface area contributed by atoms with Gasteiger partial charge in [0.2, 0.25) is 0 Å². The molecule has 0 unspecified atom stereocenters. The molecule has 0 heterocycles. The van der Waals surface area contributed by atoms with Crippen LogP contribution in [0.25, 0.3) is 0 Å². The quantitative estimate of drug-likeness (QED) is 0.738. The third-order valence-electron chi connectivity index (χ3n) is 2.90. The van der Waals surface area contributed by atoms with Gasteiger partial charge in [0.25, 0.3) is 0 Å². The molecule has 0 amide bonds. The molecule has 0 spiro atoms. The van der Waals surface area contributed by atoms with E-state index in [4.69, 9.17) is 5.73 Å². The van der Waals surface area contributed by atoms with Crippen LogP contribution < -0.4 is 5.73 Å². The summed E-state index contributed by atoms with van der Waals surface area (Å²) in [4.78, 5) is 0. The Morgan fingerprint density at radius 1 is 1.23 bits per heavy atom. The van der Waals surface area contributed by atoms with Gasteiger partial charge in [-0.3, -0.25) is 0 Å². The Morgan fingerprint density at radius 3 is 2.31 bits per heavy atom. The van der Waals surface area contributed by atoms with Gasteiger partial charge in [0.1, 0.15) is 0 Å². The van der Waals surface area contributed by atoms with Crippen LogP contribution in [0.3, 0.4) is 0 Å². The van der Waals surface area contributed by atoms with E-state index in [9.17, 15) is 0 Å². The van der Waals surface area contributed by atoms with Gasteiger partial charge in [0.05, 0.1) is 0 Å². The fourth-order valence-corrected chi connectivity index (χ4v) is 1.30. The van der Waals surface area contributed by atoms with E-state index in [2.05, 4.69) is 45.9 Å². The molecule has 0 fully saturated rings. The van der Waals surface area contributed by atoms with Gasteiger partial charge in [0, 0.05) is 5.54 Å². The van der Waals surface area contributed by atoms with E-state index in [1.165, 1.54) is 16.7 Å². The van der Waals surface area contributed by atoms with Crippen LogP contribution in [0.15, 0.2) is 18.2 Å². The van der Waals surface area contributed by atoms with Crippen molar-refractivity contribution in [2.75, 3.05) is 0 Å². The van der Waals surface area contributed by atoms with Crippen LogP contribution in [0.5, 0.6) is 0 Å². The molecule has 1 aromatic carbocycles. The van der Waals surface area contributed by atoms with Gasteiger partial charge in [-0.15, -0.1) is 0 Å². The first kappa shape index (κ1) is 10.3. The van der Waals surface area contributed by atoms with Gasteiger partial charge in [-0.1, -0.05) is 25.1 Å². The highest BCUT2D eigenvalue weighted by atomic mass is 14.7. The predicted molar refractivity (Wildman–Crippen MR) is 57.7 cm³/mol. The van der Waals surface area contributed by atoms with E-state index in [1.54, 1.807) is 0 Å². The molecular formula is C12H19N. The normalized spacial score (nSPS) is 15.5. The summed E-state index contributed by atoms with van der Waals surface area (Å²) in [5.74, 6) is 0. The first-order valence-electron chi connectivity index (χ1n) is 4.84. The van der Waals surface area contributed by atoms with E-state index in [0.717, 1.165) is 6.42 Å². The van der Waals surface area contributed by atoms with Gasteiger partial charge >= 0.3 is 0 Å². The molecule has 1 aromatic rings. The molecule has 2 N–H and O–H groups in total. The lowest BCUT2D eigenvalue weighted by Gasteiger charge is -2.24. The molecule has 0 saturated heterocycles. The van der Waals surface area contributed by atoms with Crippen molar-refractivity contribution in [3.8, 4) is 0 Å². The summed E-state index contributed by atoms with van der Waals surface area (Å²) in [6.45, 7) is 8.45. The lowest BCUT2D eigenvalue weighted by Crippen LogP contribution is -2.31. The summed E-state index contributed by atoms with van der Waals surface area (Å²) >= 11 is 0. The zero-order valence-electron chi connectivity index (χ0n) is 9.02. The molecule has 1 rings (SSSR count). The van der Waals surface area contributed by atoms with Crippen molar-refractivity contribution >= 4 is 0 Å². The average molecular weight is 177 g/mol. The first-order valence-corrected chi connectivity index (χ1v) is 4.84. The molecule has 0 aliphatic heterocycles. The molecule has 72 valence electrons. The summed E-state index contributed by atoms with van der Waals surface area (Å²) in [5, 5.41) is 0. The maximum atomic E-state index is 6.16. The number of benzene rings is 1. The van der Waals surface area contributed by atoms with Crippen LogP contribution in [-0.4, -0.2) is 0 Å². The minimum atomic E-state index is -0.182. The van der Waals surface area contributed by atoms with Crippen LogP contribution in [-0.2, 0) is 5.54 Å². The van der Waals surface area contributed by atoms with E-state index in [-0.39, 0.29) is 5.54 Å². The Kier molecular flexibility index (Phi) is 2.77. The van der Waals surface area contributed by atoms with Gasteiger partial charge in [-0.25, -0.2) is 0 Å². The molecule has 1 nitrogen and oxygen atoms in total. The summed E-state index contributed by atoms with van der Waals surface area (Å²) in [7, 11) is 0. The highest BCUT2D eigenvalue weighted by molar-refractivity contribution is 5.33. The highest BCUT2D eigenvalue weighted by Crippen LogP contribution is 2.23. The Bertz CT molecular complexity index is 300. The van der Waals surface area contributed by atoms with Crippen molar-refractivity contribution < 1.29 is 0 Å². The van der Waals surface area contributed by atoms with Gasteiger partial charge in [0.15, 0.2) is 0 Å². The minimum absolute atomic E-state index is 0.182. The van der Waals surface area contributed by atoms with E-state index >= 15 is 0 Å². The Labute approximate surface area is 81.0 Å². The predicted octanol–water partition coefficient (Wildman–Crippen LogP) is 2.89. The minimum Gasteiger partial charge on any atom is -0.322 e. The molecule has 0 aliphatic carbocycles. The topological polar surface area (TPSA) is 26.0 Å². The van der Waals surface area contributed by atoms with Crippen LogP contribution in [0.2, 0.25) is 0 Å². The number of hydrogen-bond donors (Lipinski definition) is 1. The Morgan fingerprint density at radius 2 is 1.85 bits per heavy atom. The van der Waals surface area contributed by atoms with E-state index < -0.39 is 0 Å². The van der Waals surface area contributed by atoms with Crippen molar-refractivity contribution in [1.29, 1.82) is 0 Å². The molecule has 0 radical (unpaired) electrons. The largest absolute Gasteiger partial charge is 0.322 e. The molecule has 1 atom stereocenters. The number of hydrogen-bond acceptors (Lipinski definition) is 1. The summed E-state index contributed by atoms with van der Waals surface area (Å²) in [6, 6.07) is 6.47. The van der Waals surface area contributed by atoms with Crippen molar-refractivity contribution in [3.05, 3.63) is 34.9 Å². The molecule has 1 heteroatoms. The maximum absolute atomic E-state index is 6.16. The fraction of sp³-hybridized carbons (Fsp3) is 0.500. The Hall–Kier alpha value is -0.820. The lowest BCUT2D eigenvalue weighted by atomic mass is 9.89. The maximum Gasteiger partial charge on any atom is 0.0378 e. The standard InChI is InChI=1S/C12H19N/c1-5-12(4,13)11-7-6-9(2)10(3)8-11/h6-8H,5,13H2,1-4H3/t12-/m0/s1. The lowest BCUT2D eigenvalue weighted by molar-refractivity contribution is 0.476. The zero-order valence-corrected chi connectivity index (χ0v) is 9.02. The van der Waals surface area contributed by atoms with Crippen molar-refractivity contribution in [3.63, 3.8) is 0 Å². The summed E-state index contributed by atoms with van der Waals surface area (Å²) in [5.41, 5.74) is 9.86. The van der Waals surface area contributed by atoms with Crippen LogP contribution in [0, 0.1) is 13.8 Å². The summed E-state index contributed by atoms with van der Waals surface area (Å²) < 4.78 is 0. The third-order valence-corrected chi connectivity index (χ3v) is 2.90. The van der Waals surface area contributed by atoms with E-state index in [1.807, 2.05) is 0 Å². The van der Waals surface area contributed by atoms with Crippen LogP contribution >= 0.6 is 0 Å². The second-order valence-corrected chi connectivity index (χ2v) is 4.07. The molecule has 0 aliphatic rings. The van der Waals surface area contributed by atoms with E-state index in [0.29, 0.717) is 0 Å². The first-order chi connectivity index (χ1) is 5.97. The zero-order chi connectivity index (χ0) is 10.1. The van der Waals surface area contributed by atoms with Crippen molar-refractivity contribution in [1.82, 2.24) is 0 Å². The van der Waals surface area contributed by atoms with Gasteiger partial charge < -0.3 is 5.73 Å². The monoisotopic (exact) mass is 177 g/mol. The second kappa shape index (κ2) is 3.51.